The summed E-state index contributed by atoms with van der Waals surface area (Å²) in [6, 6.07) is 11.9. The van der Waals surface area contributed by atoms with Crippen LogP contribution in [0.15, 0.2) is 30.3 Å². The highest BCUT2D eigenvalue weighted by molar-refractivity contribution is 5.25. The number of hydrogen-bond donors (Lipinski definition) is 2. The van der Waals surface area contributed by atoms with Crippen molar-refractivity contribution in [3.05, 3.63) is 35.9 Å². The van der Waals surface area contributed by atoms with E-state index in [1.54, 1.807) is 0 Å². The molecule has 2 aliphatic rings. The Kier molecular flexibility index (Phi) is 4.63. The molecule has 116 valence electrons. The molecule has 2 saturated carbocycles. The van der Waals surface area contributed by atoms with Gasteiger partial charge in [-0.2, -0.15) is 0 Å². The summed E-state index contributed by atoms with van der Waals surface area (Å²) in [6.07, 6.45) is 6.17. The highest BCUT2D eigenvalue weighted by atomic mass is 16.3. The molecule has 2 N–H and O–H groups in total. The largest absolute Gasteiger partial charge is 0.394 e. The van der Waals surface area contributed by atoms with Gasteiger partial charge in [-0.25, -0.2) is 0 Å². The van der Waals surface area contributed by atoms with Crippen molar-refractivity contribution in [2.75, 3.05) is 19.7 Å². The molecule has 21 heavy (non-hydrogen) atoms. The Morgan fingerprint density at radius 2 is 1.90 bits per heavy atom. The van der Waals surface area contributed by atoms with Gasteiger partial charge < -0.3 is 15.3 Å². The quantitative estimate of drug-likeness (QED) is 0.733. The first-order valence-corrected chi connectivity index (χ1v) is 8.45. The minimum absolute atomic E-state index is 0.176. The number of rotatable bonds is 9. The van der Waals surface area contributed by atoms with Crippen molar-refractivity contribution in [1.82, 2.24) is 10.2 Å². The summed E-state index contributed by atoms with van der Waals surface area (Å²) in [5.41, 5.74) is 0.955. The minimum atomic E-state index is -0.273. The second-order valence-corrected chi connectivity index (χ2v) is 6.63. The van der Waals surface area contributed by atoms with Crippen molar-refractivity contribution in [3.8, 4) is 0 Å². The molecule has 0 saturated heterocycles. The van der Waals surface area contributed by atoms with Gasteiger partial charge in [-0.15, -0.1) is 0 Å². The third-order valence-corrected chi connectivity index (χ3v) is 4.95. The summed E-state index contributed by atoms with van der Waals surface area (Å²) >= 11 is 0. The van der Waals surface area contributed by atoms with Crippen molar-refractivity contribution in [1.29, 1.82) is 0 Å². The van der Waals surface area contributed by atoms with Crippen molar-refractivity contribution < 1.29 is 5.11 Å². The Hall–Kier alpha value is -0.900. The van der Waals surface area contributed by atoms with Gasteiger partial charge in [-0.1, -0.05) is 37.3 Å². The molecule has 0 aliphatic heterocycles. The van der Waals surface area contributed by atoms with Crippen LogP contribution in [0.3, 0.4) is 0 Å². The van der Waals surface area contributed by atoms with E-state index >= 15 is 0 Å². The lowest BCUT2D eigenvalue weighted by molar-refractivity contribution is 0.129. The number of benzene rings is 1. The van der Waals surface area contributed by atoms with Crippen LogP contribution >= 0.6 is 0 Å². The van der Waals surface area contributed by atoms with Gasteiger partial charge in [0.05, 0.1) is 12.1 Å². The monoisotopic (exact) mass is 288 g/mol. The Balaban J connectivity index is 1.73. The second-order valence-electron chi connectivity index (χ2n) is 6.63. The first kappa shape index (κ1) is 15.0. The molecule has 2 fully saturated rings. The fourth-order valence-corrected chi connectivity index (χ4v) is 3.26. The molecule has 0 spiro atoms. The Bertz CT molecular complexity index is 442. The van der Waals surface area contributed by atoms with Crippen LogP contribution in [0.5, 0.6) is 0 Å². The lowest BCUT2D eigenvalue weighted by Gasteiger charge is -2.36. The topological polar surface area (TPSA) is 35.5 Å². The van der Waals surface area contributed by atoms with Gasteiger partial charge >= 0.3 is 0 Å². The highest BCUT2D eigenvalue weighted by Gasteiger charge is 2.38. The van der Waals surface area contributed by atoms with Gasteiger partial charge in [0.25, 0.3) is 0 Å². The molecule has 2 aliphatic carbocycles. The van der Waals surface area contributed by atoms with E-state index in [0.29, 0.717) is 6.04 Å². The van der Waals surface area contributed by atoms with E-state index in [-0.39, 0.29) is 12.1 Å². The molecular weight excluding hydrogens is 260 g/mol. The Morgan fingerprint density at radius 3 is 2.43 bits per heavy atom. The predicted octanol–water partition coefficient (Wildman–Crippen LogP) is 2.50. The van der Waals surface area contributed by atoms with Gasteiger partial charge in [-0.3, -0.25) is 0 Å². The zero-order valence-electron chi connectivity index (χ0n) is 13.1. The summed E-state index contributed by atoms with van der Waals surface area (Å²) in [4.78, 5) is 2.57. The van der Waals surface area contributed by atoms with Crippen LogP contribution in [0.25, 0.3) is 0 Å². The van der Waals surface area contributed by atoms with Crippen molar-refractivity contribution >= 4 is 0 Å². The molecule has 0 heterocycles. The number of nitrogens with zero attached hydrogens (tertiary/aromatic N) is 1. The lowest BCUT2D eigenvalue weighted by atomic mass is 9.86. The van der Waals surface area contributed by atoms with Gasteiger partial charge in [0.2, 0.25) is 0 Å². The van der Waals surface area contributed by atoms with E-state index in [2.05, 4.69) is 41.4 Å². The zero-order chi connectivity index (χ0) is 14.7. The molecule has 0 aromatic heterocycles. The summed E-state index contributed by atoms with van der Waals surface area (Å²) < 4.78 is 0. The summed E-state index contributed by atoms with van der Waals surface area (Å²) in [6.45, 7) is 4.60. The van der Waals surface area contributed by atoms with Crippen LogP contribution in [0.4, 0.5) is 0 Å². The van der Waals surface area contributed by atoms with E-state index in [1.165, 1.54) is 31.2 Å². The molecule has 3 nitrogen and oxygen atoms in total. The average Bonchev–Trinajstić information content (AvgIpc) is 3.42. The Morgan fingerprint density at radius 1 is 1.19 bits per heavy atom. The highest BCUT2D eigenvalue weighted by Crippen LogP contribution is 2.33. The van der Waals surface area contributed by atoms with Crippen LogP contribution in [0, 0.1) is 0 Å². The normalized spacial score (nSPS) is 21.5. The SMILES string of the molecule is CCN(CCC(CO)(NC1CC1)c1ccccc1)C1CC1. The molecule has 1 unspecified atom stereocenters. The van der Waals surface area contributed by atoms with Gasteiger partial charge in [0.1, 0.15) is 0 Å². The number of hydrogen-bond acceptors (Lipinski definition) is 3. The summed E-state index contributed by atoms with van der Waals surface area (Å²) in [5.74, 6) is 0. The van der Waals surface area contributed by atoms with Gasteiger partial charge in [0.15, 0.2) is 0 Å². The third-order valence-electron chi connectivity index (χ3n) is 4.95. The molecule has 0 amide bonds. The molecule has 3 rings (SSSR count). The standard InChI is InChI=1S/C18H28N2O/c1-2-20(17-10-11-17)13-12-18(14-21,19-16-8-9-16)15-6-4-3-5-7-15/h3-7,16-17,19,21H,2,8-14H2,1H3. The molecule has 3 heteroatoms. The number of aliphatic hydroxyl groups excluding tert-OH is 1. The van der Waals surface area contributed by atoms with Crippen LogP contribution < -0.4 is 5.32 Å². The minimum Gasteiger partial charge on any atom is -0.394 e. The van der Waals surface area contributed by atoms with Crippen LogP contribution in [0.1, 0.15) is 44.6 Å². The fourth-order valence-electron chi connectivity index (χ4n) is 3.26. The third kappa shape index (κ3) is 3.65. The lowest BCUT2D eigenvalue weighted by Crippen LogP contribution is -2.49. The predicted molar refractivity (Wildman–Crippen MR) is 86.2 cm³/mol. The van der Waals surface area contributed by atoms with E-state index in [1.807, 2.05) is 6.07 Å². The molecule has 0 bridgehead atoms. The second kappa shape index (κ2) is 6.47. The zero-order valence-corrected chi connectivity index (χ0v) is 13.1. The van der Waals surface area contributed by atoms with Crippen LogP contribution in [0.2, 0.25) is 0 Å². The molecule has 1 atom stereocenters. The Labute approximate surface area is 128 Å². The van der Waals surface area contributed by atoms with Crippen molar-refractivity contribution in [2.24, 2.45) is 0 Å². The molecular formula is C18H28N2O. The maximum absolute atomic E-state index is 10.2. The van der Waals surface area contributed by atoms with Crippen LogP contribution in [-0.4, -0.2) is 41.8 Å². The number of aliphatic hydroxyl groups is 1. The van der Waals surface area contributed by atoms with Gasteiger partial charge in [-0.05, 0) is 44.2 Å². The van der Waals surface area contributed by atoms with Crippen LogP contribution in [-0.2, 0) is 5.54 Å². The van der Waals surface area contributed by atoms with E-state index < -0.39 is 0 Å². The van der Waals surface area contributed by atoms with E-state index in [0.717, 1.165) is 25.6 Å². The van der Waals surface area contributed by atoms with E-state index in [4.69, 9.17) is 0 Å². The maximum atomic E-state index is 10.2. The van der Waals surface area contributed by atoms with E-state index in [9.17, 15) is 5.11 Å². The van der Waals surface area contributed by atoms with Crippen molar-refractivity contribution in [2.45, 2.75) is 56.7 Å². The summed E-state index contributed by atoms with van der Waals surface area (Å²) in [7, 11) is 0. The maximum Gasteiger partial charge on any atom is 0.0683 e. The molecule has 1 aromatic carbocycles. The molecule has 1 aromatic rings. The average molecular weight is 288 g/mol. The molecule has 0 radical (unpaired) electrons. The smallest absolute Gasteiger partial charge is 0.0683 e. The first-order chi connectivity index (χ1) is 10.3. The summed E-state index contributed by atoms with van der Waals surface area (Å²) in [5, 5.41) is 13.9. The first-order valence-electron chi connectivity index (χ1n) is 8.45. The number of nitrogens with one attached hydrogen (secondary N) is 1. The fraction of sp³-hybridized carbons (Fsp3) is 0.667. The van der Waals surface area contributed by atoms with Crippen molar-refractivity contribution in [3.63, 3.8) is 0 Å². The van der Waals surface area contributed by atoms with Gasteiger partial charge in [0, 0.05) is 18.6 Å².